The van der Waals surface area contributed by atoms with Crippen molar-refractivity contribution in [3.63, 3.8) is 0 Å². The number of nitrogens with zero attached hydrogens (tertiary/aromatic N) is 2. The van der Waals surface area contributed by atoms with Gasteiger partial charge in [0.1, 0.15) is 5.75 Å². The zero-order valence-electron chi connectivity index (χ0n) is 15.7. The second-order valence-corrected chi connectivity index (χ2v) is 7.96. The molecule has 0 saturated carbocycles. The van der Waals surface area contributed by atoms with E-state index < -0.39 is 0 Å². The number of amides is 1. The van der Waals surface area contributed by atoms with Gasteiger partial charge in [-0.2, -0.15) is 0 Å². The smallest absolute Gasteiger partial charge is 0.225 e. The molecule has 0 unspecified atom stereocenters. The van der Waals surface area contributed by atoms with E-state index in [0.717, 1.165) is 64.3 Å². The number of hydrogen-bond donors (Lipinski definition) is 0. The third kappa shape index (κ3) is 3.89. The second-order valence-electron chi connectivity index (χ2n) is 7.96. The molecule has 1 aromatic carbocycles. The van der Waals surface area contributed by atoms with Gasteiger partial charge < -0.3 is 14.4 Å². The number of methoxy groups -OCH3 is 1. The van der Waals surface area contributed by atoms with Gasteiger partial charge in [-0.3, -0.25) is 9.69 Å². The third-order valence-electron chi connectivity index (χ3n) is 6.28. The fourth-order valence-corrected chi connectivity index (χ4v) is 4.77. The lowest BCUT2D eigenvalue weighted by Crippen LogP contribution is -2.42. The lowest BCUT2D eigenvalue weighted by atomic mass is 9.83. The summed E-state index contributed by atoms with van der Waals surface area (Å²) < 4.78 is 11.3. The zero-order chi connectivity index (χ0) is 17.9. The lowest BCUT2D eigenvalue weighted by molar-refractivity contribution is -0.133. The molecule has 5 nitrogen and oxygen atoms in total. The van der Waals surface area contributed by atoms with Gasteiger partial charge in [0.25, 0.3) is 0 Å². The summed E-state index contributed by atoms with van der Waals surface area (Å²) in [7, 11) is 1.70. The van der Waals surface area contributed by atoms with E-state index in [4.69, 9.17) is 9.47 Å². The maximum atomic E-state index is 12.5. The molecule has 3 atom stereocenters. The molecule has 0 N–H and O–H groups in total. The Morgan fingerprint density at radius 1 is 1.19 bits per heavy atom. The molecule has 142 valence electrons. The van der Waals surface area contributed by atoms with Crippen LogP contribution in [0.2, 0.25) is 0 Å². The Kier molecular flexibility index (Phi) is 5.46. The van der Waals surface area contributed by atoms with E-state index in [1.165, 1.54) is 5.56 Å². The molecule has 3 heterocycles. The van der Waals surface area contributed by atoms with Crippen LogP contribution >= 0.6 is 0 Å². The van der Waals surface area contributed by atoms with Gasteiger partial charge in [0, 0.05) is 32.1 Å². The van der Waals surface area contributed by atoms with Gasteiger partial charge in [-0.1, -0.05) is 12.1 Å². The van der Waals surface area contributed by atoms with Crippen LogP contribution < -0.4 is 4.74 Å². The molecule has 26 heavy (non-hydrogen) atoms. The fraction of sp³-hybridized carbons (Fsp3) is 0.667. The first-order chi connectivity index (χ1) is 12.7. The van der Waals surface area contributed by atoms with Crippen molar-refractivity contribution < 1.29 is 14.3 Å². The number of hydrogen-bond acceptors (Lipinski definition) is 4. The zero-order valence-corrected chi connectivity index (χ0v) is 15.7. The first-order valence-electron chi connectivity index (χ1n) is 9.97. The fourth-order valence-electron chi connectivity index (χ4n) is 4.77. The highest BCUT2D eigenvalue weighted by Crippen LogP contribution is 2.36. The summed E-state index contributed by atoms with van der Waals surface area (Å²) in [6.45, 7) is 5.83. The summed E-state index contributed by atoms with van der Waals surface area (Å²) in [6, 6.07) is 8.35. The Morgan fingerprint density at radius 3 is 2.69 bits per heavy atom. The molecule has 1 aromatic rings. The van der Waals surface area contributed by atoms with Crippen molar-refractivity contribution in [3.8, 4) is 5.75 Å². The normalized spacial score (nSPS) is 29.0. The molecule has 0 aromatic heterocycles. The number of benzene rings is 1. The predicted octanol–water partition coefficient (Wildman–Crippen LogP) is 2.54. The maximum absolute atomic E-state index is 12.5. The van der Waals surface area contributed by atoms with Crippen molar-refractivity contribution in [1.82, 2.24) is 9.80 Å². The van der Waals surface area contributed by atoms with Crippen LogP contribution in [0.3, 0.4) is 0 Å². The number of carbonyl (C=O) groups is 1. The summed E-state index contributed by atoms with van der Waals surface area (Å²) in [5, 5.41) is 0. The van der Waals surface area contributed by atoms with Gasteiger partial charge in [0.05, 0.1) is 26.2 Å². The van der Waals surface area contributed by atoms with Crippen LogP contribution in [0.25, 0.3) is 0 Å². The summed E-state index contributed by atoms with van der Waals surface area (Å²) in [6.07, 6.45) is 4.17. The molecule has 0 aliphatic carbocycles. The minimum absolute atomic E-state index is 0.135. The molecule has 0 bridgehead atoms. The third-order valence-corrected chi connectivity index (χ3v) is 6.28. The quantitative estimate of drug-likeness (QED) is 0.811. The number of fused-ring (bicyclic) bond motifs is 1. The van der Waals surface area contributed by atoms with Gasteiger partial charge in [-0.05, 0) is 49.4 Å². The van der Waals surface area contributed by atoms with Crippen LogP contribution in [0.5, 0.6) is 5.75 Å². The van der Waals surface area contributed by atoms with E-state index in [2.05, 4.69) is 17.0 Å². The molecular formula is C21H30N2O3. The Morgan fingerprint density at radius 2 is 1.96 bits per heavy atom. The maximum Gasteiger partial charge on any atom is 0.225 e. The van der Waals surface area contributed by atoms with E-state index in [0.29, 0.717) is 24.2 Å². The largest absolute Gasteiger partial charge is 0.497 e. The van der Waals surface area contributed by atoms with E-state index >= 15 is 0 Å². The Bertz CT molecular complexity index is 612. The molecule has 3 aliphatic rings. The lowest BCUT2D eigenvalue weighted by Gasteiger charge is -2.35. The second kappa shape index (κ2) is 7.97. The van der Waals surface area contributed by atoms with Crippen LogP contribution in [-0.2, 0) is 16.1 Å². The number of carbonyl (C=O) groups excluding carboxylic acids is 1. The topological polar surface area (TPSA) is 42.0 Å². The molecule has 3 saturated heterocycles. The molecule has 1 amide bonds. The molecule has 4 rings (SSSR count). The molecule has 3 aliphatic heterocycles. The highest BCUT2D eigenvalue weighted by Gasteiger charge is 2.42. The highest BCUT2D eigenvalue weighted by molar-refractivity contribution is 5.77. The number of ether oxygens (including phenoxy) is 2. The van der Waals surface area contributed by atoms with Gasteiger partial charge >= 0.3 is 0 Å². The molecule has 5 heteroatoms. The number of rotatable bonds is 5. The summed E-state index contributed by atoms with van der Waals surface area (Å²) in [4.78, 5) is 17.0. The van der Waals surface area contributed by atoms with E-state index in [-0.39, 0.29) is 6.10 Å². The van der Waals surface area contributed by atoms with Crippen molar-refractivity contribution in [3.05, 3.63) is 29.8 Å². The first-order valence-corrected chi connectivity index (χ1v) is 9.97. The minimum atomic E-state index is 0.135. The van der Waals surface area contributed by atoms with Crippen LogP contribution in [0.1, 0.15) is 31.2 Å². The average Bonchev–Trinajstić information content (AvgIpc) is 3.33. The molecular weight excluding hydrogens is 328 g/mol. The Labute approximate surface area is 156 Å². The Hall–Kier alpha value is -1.59. The van der Waals surface area contributed by atoms with Gasteiger partial charge in [-0.15, -0.1) is 0 Å². The van der Waals surface area contributed by atoms with Crippen molar-refractivity contribution in [1.29, 1.82) is 0 Å². The van der Waals surface area contributed by atoms with E-state index in [1.807, 2.05) is 17.0 Å². The first kappa shape index (κ1) is 17.8. The molecule has 0 spiro atoms. The molecule has 3 fully saturated rings. The summed E-state index contributed by atoms with van der Waals surface area (Å²) in [5.74, 6) is 2.32. The van der Waals surface area contributed by atoms with Crippen LogP contribution in [0, 0.1) is 11.8 Å². The van der Waals surface area contributed by atoms with Gasteiger partial charge in [-0.25, -0.2) is 0 Å². The standard InChI is InChI=1S/C21H30N2O3/c1-25-18-6-4-16(5-7-18)13-22-11-8-19-17(14-22)15-26-20(19)12-21(24)23-9-2-3-10-23/h4-7,17,19-20H,2-3,8-15H2,1H3/t17-,19-,20+/m1/s1. The summed E-state index contributed by atoms with van der Waals surface area (Å²) >= 11 is 0. The number of likely N-dealkylation sites (tertiary alicyclic amines) is 2. The van der Waals surface area contributed by atoms with E-state index in [1.54, 1.807) is 7.11 Å². The van der Waals surface area contributed by atoms with Gasteiger partial charge in [0.15, 0.2) is 0 Å². The van der Waals surface area contributed by atoms with E-state index in [9.17, 15) is 4.79 Å². The van der Waals surface area contributed by atoms with Crippen molar-refractivity contribution in [2.24, 2.45) is 11.8 Å². The highest BCUT2D eigenvalue weighted by atomic mass is 16.5. The van der Waals surface area contributed by atoms with Gasteiger partial charge in [0.2, 0.25) is 5.91 Å². The average molecular weight is 358 g/mol. The van der Waals surface area contributed by atoms with Crippen molar-refractivity contribution in [2.75, 3.05) is 39.9 Å². The van der Waals surface area contributed by atoms with Crippen molar-refractivity contribution in [2.45, 2.75) is 38.3 Å². The monoisotopic (exact) mass is 358 g/mol. The number of piperidine rings is 1. The van der Waals surface area contributed by atoms with Crippen LogP contribution in [-0.4, -0.2) is 61.7 Å². The predicted molar refractivity (Wildman–Crippen MR) is 100 cm³/mol. The molecule has 0 radical (unpaired) electrons. The minimum Gasteiger partial charge on any atom is -0.497 e. The SMILES string of the molecule is COc1ccc(CN2CC[C@@H]3[C@@H](CO[C@H]3CC(=O)N3CCCC3)C2)cc1. The van der Waals surface area contributed by atoms with Crippen LogP contribution in [0.4, 0.5) is 0 Å². The summed E-state index contributed by atoms with van der Waals surface area (Å²) in [5.41, 5.74) is 1.32. The van der Waals surface area contributed by atoms with Crippen LogP contribution in [0.15, 0.2) is 24.3 Å². The Balaban J connectivity index is 1.29. The van der Waals surface area contributed by atoms with Crippen molar-refractivity contribution >= 4 is 5.91 Å².